The van der Waals surface area contributed by atoms with E-state index in [4.69, 9.17) is 16.3 Å². The summed E-state index contributed by atoms with van der Waals surface area (Å²) in [6.07, 6.45) is 1.36. The van der Waals surface area contributed by atoms with Crippen molar-refractivity contribution in [3.8, 4) is 0 Å². The standard InChI is InChI=1S/C11H16NO4PS2/c1-3-10-12(17(13,18)16-4-2)19(14,15)11-8-6-5-7-9-11/h3,5-9H,1,4,10H2,2H3,(H,13,18). The summed E-state index contributed by atoms with van der Waals surface area (Å²) in [6, 6.07) is 7.77. The van der Waals surface area contributed by atoms with Crippen molar-refractivity contribution < 1.29 is 17.8 Å². The van der Waals surface area contributed by atoms with Gasteiger partial charge in [-0.2, -0.15) is 0 Å². The first-order valence-corrected chi connectivity index (χ1v) is 9.59. The predicted molar refractivity (Wildman–Crippen MR) is 78.7 cm³/mol. The first kappa shape index (κ1) is 16.5. The lowest BCUT2D eigenvalue weighted by Crippen LogP contribution is -2.29. The third kappa shape index (κ3) is 3.95. The Morgan fingerprint density at radius 3 is 2.53 bits per heavy atom. The SMILES string of the molecule is C=CCN(P(O)(=S)OCC)S(=O)(=O)c1ccccc1. The van der Waals surface area contributed by atoms with Crippen LogP contribution < -0.4 is 0 Å². The van der Waals surface area contributed by atoms with Crippen LogP contribution in [0.1, 0.15) is 6.92 Å². The number of hydrogen-bond acceptors (Lipinski definition) is 4. The fraction of sp³-hybridized carbons (Fsp3) is 0.273. The van der Waals surface area contributed by atoms with E-state index in [1.165, 1.54) is 18.2 Å². The predicted octanol–water partition coefficient (Wildman–Crippen LogP) is 2.12. The summed E-state index contributed by atoms with van der Waals surface area (Å²) in [5.41, 5.74) is 0. The molecule has 1 aromatic rings. The van der Waals surface area contributed by atoms with Crippen LogP contribution in [0.5, 0.6) is 0 Å². The lowest BCUT2D eigenvalue weighted by atomic mass is 10.4. The summed E-state index contributed by atoms with van der Waals surface area (Å²) in [5.74, 6) is 0. The van der Waals surface area contributed by atoms with Gasteiger partial charge < -0.3 is 9.42 Å². The molecule has 106 valence electrons. The summed E-state index contributed by atoms with van der Waals surface area (Å²) < 4.78 is 30.7. The Kier molecular flexibility index (Phi) is 5.85. The third-order valence-corrected chi connectivity index (χ3v) is 7.60. The number of rotatable bonds is 7. The normalized spacial score (nSPS) is 15.1. The molecule has 0 saturated carbocycles. The van der Waals surface area contributed by atoms with Gasteiger partial charge in [0.1, 0.15) is 0 Å². The number of nitrogens with zero attached hydrogens (tertiary/aromatic N) is 1. The van der Waals surface area contributed by atoms with Crippen LogP contribution in [0.3, 0.4) is 0 Å². The van der Waals surface area contributed by atoms with Crippen LogP contribution in [0, 0.1) is 0 Å². The van der Waals surface area contributed by atoms with Crippen molar-refractivity contribution in [2.24, 2.45) is 0 Å². The molecule has 0 bridgehead atoms. The average Bonchev–Trinajstić information content (AvgIpc) is 2.36. The van der Waals surface area contributed by atoms with E-state index in [1.54, 1.807) is 25.1 Å². The largest absolute Gasteiger partial charge is 0.333 e. The Hall–Kier alpha value is -0.560. The summed E-state index contributed by atoms with van der Waals surface area (Å²) in [4.78, 5) is 10.2. The maximum absolute atomic E-state index is 12.4. The lowest BCUT2D eigenvalue weighted by Gasteiger charge is -2.27. The average molecular weight is 321 g/mol. The minimum absolute atomic E-state index is 0.0554. The number of benzene rings is 1. The van der Waals surface area contributed by atoms with Crippen molar-refractivity contribution in [1.29, 1.82) is 0 Å². The van der Waals surface area contributed by atoms with Gasteiger partial charge in [-0.1, -0.05) is 24.3 Å². The van der Waals surface area contributed by atoms with Crippen LogP contribution in [-0.4, -0.2) is 30.5 Å². The molecule has 1 N–H and O–H groups in total. The van der Waals surface area contributed by atoms with Crippen molar-refractivity contribution in [2.75, 3.05) is 13.2 Å². The molecule has 1 aromatic carbocycles. The molecule has 0 amide bonds. The fourth-order valence-electron chi connectivity index (χ4n) is 1.39. The second kappa shape index (κ2) is 6.74. The van der Waals surface area contributed by atoms with E-state index in [0.29, 0.717) is 0 Å². The monoisotopic (exact) mass is 321 g/mol. The molecular weight excluding hydrogens is 305 g/mol. The Morgan fingerprint density at radius 1 is 1.47 bits per heavy atom. The van der Waals surface area contributed by atoms with Gasteiger partial charge in [0.15, 0.2) is 0 Å². The van der Waals surface area contributed by atoms with Gasteiger partial charge in [-0.25, -0.2) is 8.42 Å². The molecule has 1 unspecified atom stereocenters. The van der Waals surface area contributed by atoms with E-state index < -0.39 is 16.7 Å². The van der Waals surface area contributed by atoms with Crippen LogP contribution in [0.25, 0.3) is 0 Å². The van der Waals surface area contributed by atoms with Crippen LogP contribution >= 0.6 is 6.64 Å². The summed E-state index contributed by atoms with van der Waals surface area (Å²) in [5, 5.41) is 0. The van der Waals surface area contributed by atoms with Crippen molar-refractivity contribution in [1.82, 2.24) is 4.08 Å². The molecule has 0 aliphatic heterocycles. The van der Waals surface area contributed by atoms with Crippen molar-refractivity contribution in [3.63, 3.8) is 0 Å². The van der Waals surface area contributed by atoms with Gasteiger partial charge in [0.25, 0.3) is 16.7 Å². The van der Waals surface area contributed by atoms with Gasteiger partial charge >= 0.3 is 0 Å². The fourth-order valence-corrected chi connectivity index (χ4v) is 6.04. The van der Waals surface area contributed by atoms with E-state index in [1.807, 2.05) is 0 Å². The molecule has 0 heterocycles. The van der Waals surface area contributed by atoms with Gasteiger partial charge in [0.2, 0.25) is 0 Å². The van der Waals surface area contributed by atoms with Gasteiger partial charge in [-0.15, -0.1) is 10.7 Å². The molecule has 0 fully saturated rings. The number of hydrogen-bond donors (Lipinski definition) is 1. The Labute approximate surface area is 118 Å². The van der Waals surface area contributed by atoms with Crippen LogP contribution in [0.4, 0.5) is 0 Å². The van der Waals surface area contributed by atoms with Crippen LogP contribution in [-0.2, 0) is 26.4 Å². The molecule has 1 atom stereocenters. The highest BCUT2D eigenvalue weighted by Crippen LogP contribution is 2.49. The molecule has 1 rings (SSSR count). The zero-order valence-corrected chi connectivity index (χ0v) is 13.0. The van der Waals surface area contributed by atoms with Gasteiger partial charge in [0, 0.05) is 6.54 Å². The van der Waals surface area contributed by atoms with Crippen molar-refractivity contribution in [2.45, 2.75) is 11.8 Å². The van der Waals surface area contributed by atoms with Gasteiger partial charge in [0.05, 0.1) is 11.5 Å². The third-order valence-electron chi connectivity index (χ3n) is 2.18. The lowest BCUT2D eigenvalue weighted by molar-refractivity contribution is 0.299. The molecule has 5 nitrogen and oxygen atoms in total. The molecular formula is C11H16NO4PS2. The Morgan fingerprint density at radius 2 is 2.05 bits per heavy atom. The molecule has 19 heavy (non-hydrogen) atoms. The van der Waals surface area contributed by atoms with E-state index >= 15 is 0 Å². The molecule has 0 spiro atoms. The van der Waals surface area contributed by atoms with E-state index in [2.05, 4.69) is 6.58 Å². The summed E-state index contributed by atoms with van der Waals surface area (Å²) in [6.45, 7) is 1.54. The molecule has 0 aromatic heterocycles. The first-order chi connectivity index (χ1) is 8.86. The van der Waals surface area contributed by atoms with Gasteiger partial charge in [-0.05, 0) is 30.9 Å². The Bertz CT molecular complexity index is 574. The quantitative estimate of drug-likeness (QED) is 0.615. The van der Waals surface area contributed by atoms with Crippen molar-refractivity contribution >= 4 is 28.5 Å². The molecule has 0 radical (unpaired) electrons. The van der Waals surface area contributed by atoms with E-state index in [-0.39, 0.29) is 18.0 Å². The van der Waals surface area contributed by atoms with Gasteiger partial charge in [-0.3, -0.25) is 0 Å². The maximum Gasteiger partial charge on any atom is 0.275 e. The summed E-state index contributed by atoms with van der Waals surface area (Å²) >= 11 is 4.92. The number of sulfonamides is 1. The first-order valence-electron chi connectivity index (χ1n) is 5.52. The summed E-state index contributed by atoms with van der Waals surface area (Å²) in [7, 11) is -3.91. The zero-order chi connectivity index (χ0) is 14.5. The smallest absolute Gasteiger partial charge is 0.275 e. The maximum atomic E-state index is 12.4. The molecule has 8 heteroatoms. The highest BCUT2D eigenvalue weighted by atomic mass is 32.5. The van der Waals surface area contributed by atoms with E-state index in [0.717, 1.165) is 4.08 Å². The van der Waals surface area contributed by atoms with Crippen LogP contribution in [0.2, 0.25) is 0 Å². The molecule has 0 aliphatic carbocycles. The topological polar surface area (TPSA) is 66.8 Å². The minimum atomic E-state index is -3.91. The minimum Gasteiger partial charge on any atom is -0.333 e. The second-order valence-corrected chi connectivity index (χ2v) is 8.80. The highest BCUT2D eigenvalue weighted by Gasteiger charge is 2.35. The molecule has 0 aliphatic rings. The highest BCUT2D eigenvalue weighted by molar-refractivity contribution is 8.13. The van der Waals surface area contributed by atoms with Crippen LogP contribution in [0.15, 0.2) is 47.9 Å². The molecule has 0 saturated heterocycles. The zero-order valence-electron chi connectivity index (χ0n) is 10.5. The van der Waals surface area contributed by atoms with Crippen molar-refractivity contribution in [3.05, 3.63) is 43.0 Å². The second-order valence-electron chi connectivity index (χ2n) is 3.52. The Balaban J connectivity index is 3.27. The van der Waals surface area contributed by atoms with E-state index in [9.17, 15) is 13.3 Å².